The zero-order chi connectivity index (χ0) is 13.9. The van der Waals surface area contributed by atoms with Gasteiger partial charge in [-0.15, -0.1) is 0 Å². The lowest BCUT2D eigenvalue weighted by Gasteiger charge is -2.25. The molecule has 3 nitrogen and oxygen atoms in total. The number of hydrogen-bond donors (Lipinski definition) is 2. The van der Waals surface area contributed by atoms with Gasteiger partial charge in [0.25, 0.3) is 0 Å². The molecular formula is C16H17ClN2O. The highest BCUT2D eigenvalue weighted by molar-refractivity contribution is 6.30. The zero-order valence-corrected chi connectivity index (χ0v) is 11.9. The first-order valence-corrected chi connectivity index (χ1v) is 7.13. The molecule has 0 saturated carbocycles. The maximum Gasteiger partial charge on any atom is 0.127 e. The molecule has 0 saturated heterocycles. The van der Waals surface area contributed by atoms with Crippen LogP contribution in [0.15, 0.2) is 42.5 Å². The van der Waals surface area contributed by atoms with Crippen molar-refractivity contribution in [1.82, 2.24) is 5.43 Å². The highest BCUT2D eigenvalue weighted by Crippen LogP contribution is 2.35. The van der Waals surface area contributed by atoms with E-state index in [4.69, 9.17) is 22.2 Å². The molecule has 3 N–H and O–H groups in total. The normalized spacial score (nSPS) is 15.3. The summed E-state index contributed by atoms with van der Waals surface area (Å²) in [5.41, 5.74) is 6.28. The molecule has 1 atom stereocenters. The molecule has 4 heteroatoms. The Bertz CT molecular complexity index is 598. The summed E-state index contributed by atoms with van der Waals surface area (Å²) in [6.45, 7) is 0.766. The van der Waals surface area contributed by atoms with Gasteiger partial charge in [-0.2, -0.15) is 0 Å². The number of nitrogens with two attached hydrogens (primary N) is 1. The molecule has 104 valence electrons. The van der Waals surface area contributed by atoms with Crippen molar-refractivity contribution in [3.8, 4) is 5.75 Å². The Kier molecular flexibility index (Phi) is 3.92. The second-order valence-electron chi connectivity index (χ2n) is 4.94. The van der Waals surface area contributed by atoms with Gasteiger partial charge in [-0.25, -0.2) is 5.43 Å². The topological polar surface area (TPSA) is 47.3 Å². The van der Waals surface area contributed by atoms with Crippen LogP contribution in [0, 0.1) is 0 Å². The van der Waals surface area contributed by atoms with Crippen molar-refractivity contribution in [3.05, 3.63) is 64.2 Å². The first kappa shape index (κ1) is 13.4. The Morgan fingerprint density at radius 1 is 1.15 bits per heavy atom. The third kappa shape index (κ3) is 2.52. The number of rotatable bonds is 3. The minimum Gasteiger partial charge on any atom is -0.493 e. The number of para-hydroxylation sites is 1. The van der Waals surface area contributed by atoms with Crippen LogP contribution < -0.4 is 16.0 Å². The second-order valence-corrected chi connectivity index (χ2v) is 5.38. The summed E-state index contributed by atoms with van der Waals surface area (Å²) in [4.78, 5) is 0. The largest absolute Gasteiger partial charge is 0.493 e. The van der Waals surface area contributed by atoms with E-state index < -0.39 is 0 Å². The van der Waals surface area contributed by atoms with Crippen LogP contribution in [-0.4, -0.2) is 6.61 Å². The minimum atomic E-state index is -0.0969. The number of benzene rings is 2. The average molecular weight is 289 g/mol. The molecule has 20 heavy (non-hydrogen) atoms. The number of fused-ring (bicyclic) bond motifs is 1. The van der Waals surface area contributed by atoms with E-state index >= 15 is 0 Å². The van der Waals surface area contributed by atoms with E-state index in [1.54, 1.807) is 0 Å². The Labute approximate surface area is 123 Å². The molecule has 1 heterocycles. The standard InChI is InChI=1S/C16H17ClN2O/c17-13-8-6-11(7-9-13)15(19-18)14-5-1-3-12-4-2-10-20-16(12)14/h1,3,5-9,15,19H,2,4,10,18H2. The highest BCUT2D eigenvalue weighted by atomic mass is 35.5. The van der Waals surface area contributed by atoms with Crippen LogP contribution >= 0.6 is 11.6 Å². The van der Waals surface area contributed by atoms with Crippen LogP contribution in [0.1, 0.15) is 29.2 Å². The van der Waals surface area contributed by atoms with E-state index in [1.165, 1.54) is 5.56 Å². The van der Waals surface area contributed by atoms with Crippen LogP contribution in [-0.2, 0) is 6.42 Å². The van der Waals surface area contributed by atoms with Gasteiger partial charge in [0, 0.05) is 10.6 Å². The van der Waals surface area contributed by atoms with Gasteiger partial charge in [-0.1, -0.05) is 41.9 Å². The van der Waals surface area contributed by atoms with Gasteiger partial charge in [0.1, 0.15) is 5.75 Å². The molecule has 2 aromatic carbocycles. The predicted molar refractivity (Wildman–Crippen MR) is 80.9 cm³/mol. The Hall–Kier alpha value is -1.55. The van der Waals surface area contributed by atoms with Crippen LogP contribution in [0.5, 0.6) is 5.75 Å². The zero-order valence-electron chi connectivity index (χ0n) is 11.1. The smallest absolute Gasteiger partial charge is 0.127 e. The Balaban J connectivity index is 2.03. The SMILES string of the molecule is NNC(c1ccc(Cl)cc1)c1cccc2c1OCCC2. The van der Waals surface area contributed by atoms with Gasteiger partial charge in [-0.3, -0.25) is 5.84 Å². The van der Waals surface area contributed by atoms with Crippen LogP contribution in [0.3, 0.4) is 0 Å². The first-order valence-electron chi connectivity index (χ1n) is 6.76. The van der Waals surface area contributed by atoms with Crippen molar-refractivity contribution >= 4 is 11.6 Å². The molecule has 0 fully saturated rings. The molecule has 2 aromatic rings. The van der Waals surface area contributed by atoms with Crippen molar-refractivity contribution in [2.75, 3.05) is 6.61 Å². The lowest BCUT2D eigenvalue weighted by Crippen LogP contribution is -2.29. The van der Waals surface area contributed by atoms with E-state index in [1.807, 2.05) is 24.3 Å². The molecule has 1 aliphatic heterocycles. The van der Waals surface area contributed by atoms with E-state index in [0.717, 1.165) is 41.3 Å². The van der Waals surface area contributed by atoms with Gasteiger partial charge < -0.3 is 4.74 Å². The van der Waals surface area contributed by atoms with Crippen molar-refractivity contribution in [3.63, 3.8) is 0 Å². The molecule has 0 aliphatic carbocycles. The summed E-state index contributed by atoms with van der Waals surface area (Å²) in [5, 5.41) is 0.718. The number of hydrazine groups is 1. The van der Waals surface area contributed by atoms with Crippen molar-refractivity contribution in [2.45, 2.75) is 18.9 Å². The van der Waals surface area contributed by atoms with Gasteiger partial charge in [0.2, 0.25) is 0 Å². The third-order valence-electron chi connectivity index (χ3n) is 3.64. The van der Waals surface area contributed by atoms with E-state index in [-0.39, 0.29) is 6.04 Å². The summed E-state index contributed by atoms with van der Waals surface area (Å²) >= 11 is 5.94. The molecule has 0 spiro atoms. The van der Waals surface area contributed by atoms with Crippen LogP contribution in [0.25, 0.3) is 0 Å². The molecule has 1 aliphatic rings. The molecule has 1 unspecified atom stereocenters. The molecule has 0 bridgehead atoms. The maximum absolute atomic E-state index is 5.94. The second kappa shape index (κ2) is 5.83. The van der Waals surface area contributed by atoms with Gasteiger partial charge in [-0.05, 0) is 36.1 Å². The fourth-order valence-electron chi connectivity index (χ4n) is 2.66. The average Bonchev–Trinajstić information content (AvgIpc) is 2.50. The van der Waals surface area contributed by atoms with Crippen molar-refractivity contribution < 1.29 is 4.74 Å². The highest BCUT2D eigenvalue weighted by Gasteiger charge is 2.21. The number of aryl methyl sites for hydroxylation is 1. The van der Waals surface area contributed by atoms with E-state index in [2.05, 4.69) is 23.6 Å². The summed E-state index contributed by atoms with van der Waals surface area (Å²) in [6.07, 6.45) is 2.12. The monoisotopic (exact) mass is 288 g/mol. The Morgan fingerprint density at radius 2 is 1.95 bits per heavy atom. The third-order valence-corrected chi connectivity index (χ3v) is 3.90. The first-order chi connectivity index (χ1) is 9.79. The molecular weight excluding hydrogens is 272 g/mol. The summed E-state index contributed by atoms with van der Waals surface area (Å²) in [7, 11) is 0. The van der Waals surface area contributed by atoms with Crippen molar-refractivity contribution in [2.24, 2.45) is 5.84 Å². The minimum absolute atomic E-state index is 0.0969. The lowest BCUT2D eigenvalue weighted by molar-refractivity contribution is 0.283. The number of halogens is 1. The van der Waals surface area contributed by atoms with Gasteiger partial charge >= 0.3 is 0 Å². The molecule has 3 rings (SSSR count). The summed E-state index contributed by atoms with van der Waals surface area (Å²) in [6, 6.07) is 13.8. The van der Waals surface area contributed by atoms with Crippen LogP contribution in [0.2, 0.25) is 5.02 Å². The molecule has 0 radical (unpaired) electrons. The summed E-state index contributed by atoms with van der Waals surface area (Å²) < 4.78 is 5.86. The number of nitrogens with one attached hydrogen (secondary N) is 1. The van der Waals surface area contributed by atoms with Gasteiger partial charge in [0.05, 0.1) is 12.6 Å². The fourth-order valence-corrected chi connectivity index (χ4v) is 2.79. The quantitative estimate of drug-likeness (QED) is 0.673. The number of hydrogen-bond acceptors (Lipinski definition) is 3. The summed E-state index contributed by atoms with van der Waals surface area (Å²) in [5.74, 6) is 6.74. The Morgan fingerprint density at radius 3 is 2.70 bits per heavy atom. The maximum atomic E-state index is 5.94. The number of ether oxygens (including phenoxy) is 1. The molecule has 0 aromatic heterocycles. The lowest BCUT2D eigenvalue weighted by atomic mass is 9.94. The van der Waals surface area contributed by atoms with Gasteiger partial charge in [0.15, 0.2) is 0 Å². The fraction of sp³-hybridized carbons (Fsp3) is 0.250. The van der Waals surface area contributed by atoms with E-state index in [0.29, 0.717) is 0 Å². The van der Waals surface area contributed by atoms with Crippen LogP contribution in [0.4, 0.5) is 0 Å². The van der Waals surface area contributed by atoms with E-state index in [9.17, 15) is 0 Å². The van der Waals surface area contributed by atoms with Crippen molar-refractivity contribution in [1.29, 1.82) is 0 Å². The predicted octanol–water partition coefficient (Wildman–Crippen LogP) is 3.22. The molecule has 0 amide bonds.